The first-order chi connectivity index (χ1) is 9.15. The van der Waals surface area contributed by atoms with Crippen molar-refractivity contribution in [3.8, 4) is 0 Å². The van der Waals surface area contributed by atoms with Crippen molar-refractivity contribution in [1.82, 2.24) is 0 Å². The first-order valence-electron chi connectivity index (χ1n) is 6.83. The fourth-order valence-electron chi connectivity index (χ4n) is 2.98. The molecule has 1 aliphatic carbocycles. The van der Waals surface area contributed by atoms with Crippen LogP contribution >= 0.6 is 0 Å². The van der Waals surface area contributed by atoms with E-state index in [4.69, 9.17) is 5.73 Å². The fourth-order valence-corrected chi connectivity index (χ4v) is 2.98. The number of benzene rings is 2. The van der Waals surface area contributed by atoms with E-state index in [1.165, 1.54) is 28.8 Å². The number of hydrogen-bond acceptors (Lipinski definition) is 2. The number of aryl methyl sites for hydroxylation is 2. The number of nitrogens with two attached hydrogens (primary N) is 1. The number of nitrogens with zero attached hydrogens (tertiary/aromatic N) is 1. The standard InChI is InChI=1S/C17H20N2/c1-12-3-7-15(8-4-12)19(2)17-10-5-13-11-14(18)6-9-16(13)17/h3-4,6-9,11,17H,5,10,18H2,1-2H3. The predicted octanol–water partition coefficient (Wildman–Crippen LogP) is 3.70. The average molecular weight is 252 g/mol. The maximum absolute atomic E-state index is 5.87. The zero-order chi connectivity index (χ0) is 13.4. The van der Waals surface area contributed by atoms with Crippen molar-refractivity contribution in [1.29, 1.82) is 0 Å². The molecule has 0 spiro atoms. The molecule has 2 aromatic rings. The Bertz CT molecular complexity index is 587. The van der Waals surface area contributed by atoms with Gasteiger partial charge < -0.3 is 10.6 Å². The lowest BCUT2D eigenvalue weighted by Crippen LogP contribution is -2.22. The Morgan fingerprint density at radius 3 is 2.58 bits per heavy atom. The Balaban J connectivity index is 1.91. The molecule has 3 rings (SSSR count). The minimum atomic E-state index is 0.471. The van der Waals surface area contributed by atoms with Crippen LogP contribution in [-0.2, 0) is 6.42 Å². The molecule has 98 valence electrons. The van der Waals surface area contributed by atoms with Gasteiger partial charge in [-0.1, -0.05) is 23.8 Å². The van der Waals surface area contributed by atoms with Gasteiger partial charge in [-0.25, -0.2) is 0 Å². The molecule has 0 bridgehead atoms. The van der Waals surface area contributed by atoms with Gasteiger partial charge in [-0.15, -0.1) is 0 Å². The predicted molar refractivity (Wildman–Crippen MR) is 81.5 cm³/mol. The van der Waals surface area contributed by atoms with Crippen molar-refractivity contribution in [3.63, 3.8) is 0 Å². The molecule has 0 amide bonds. The summed E-state index contributed by atoms with van der Waals surface area (Å²) < 4.78 is 0. The van der Waals surface area contributed by atoms with E-state index in [9.17, 15) is 0 Å². The van der Waals surface area contributed by atoms with E-state index in [1.807, 2.05) is 6.07 Å². The quantitative estimate of drug-likeness (QED) is 0.826. The molecule has 2 N–H and O–H groups in total. The SMILES string of the molecule is Cc1ccc(N(C)C2CCc3cc(N)ccc32)cc1. The molecule has 19 heavy (non-hydrogen) atoms. The molecule has 0 aromatic heterocycles. The summed E-state index contributed by atoms with van der Waals surface area (Å²) in [7, 11) is 2.18. The molecule has 0 saturated heterocycles. The van der Waals surface area contributed by atoms with Crippen LogP contribution in [0, 0.1) is 6.92 Å². The summed E-state index contributed by atoms with van der Waals surface area (Å²) in [5.41, 5.74) is 12.2. The highest BCUT2D eigenvalue weighted by Gasteiger charge is 2.26. The van der Waals surface area contributed by atoms with Crippen LogP contribution < -0.4 is 10.6 Å². The molecular formula is C17H20N2. The second kappa shape index (κ2) is 4.61. The van der Waals surface area contributed by atoms with Gasteiger partial charge in [-0.05, 0) is 55.2 Å². The first-order valence-corrected chi connectivity index (χ1v) is 6.83. The molecule has 0 saturated carbocycles. The van der Waals surface area contributed by atoms with Gasteiger partial charge in [0.25, 0.3) is 0 Å². The van der Waals surface area contributed by atoms with Crippen molar-refractivity contribution in [3.05, 3.63) is 59.2 Å². The highest BCUT2D eigenvalue weighted by atomic mass is 15.1. The topological polar surface area (TPSA) is 29.3 Å². The van der Waals surface area contributed by atoms with E-state index in [1.54, 1.807) is 0 Å². The third kappa shape index (κ3) is 2.19. The van der Waals surface area contributed by atoms with Crippen LogP contribution in [0.25, 0.3) is 0 Å². The summed E-state index contributed by atoms with van der Waals surface area (Å²) >= 11 is 0. The van der Waals surface area contributed by atoms with Gasteiger partial charge in [0.15, 0.2) is 0 Å². The fraction of sp³-hybridized carbons (Fsp3) is 0.294. The molecule has 2 aromatic carbocycles. The van der Waals surface area contributed by atoms with E-state index < -0.39 is 0 Å². The monoisotopic (exact) mass is 252 g/mol. The van der Waals surface area contributed by atoms with Crippen molar-refractivity contribution in [2.24, 2.45) is 0 Å². The lowest BCUT2D eigenvalue weighted by atomic mass is 10.1. The smallest absolute Gasteiger partial charge is 0.0545 e. The Morgan fingerprint density at radius 1 is 1.11 bits per heavy atom. The Morgan fingerprint density at radius 2 is 1.84 bits per heavy atom. The highest BCUT2D eigenvalue weighted by molar-refractivity contribution is 5.54. The van der Waals surface area contributed by atoms with E-state index in [0.717, 1.165) is 12.1 Å². The van der Waals surface area contributed by atoms with Gasteiger partial charge in [0, 0.05) is 18.4 Å². The zero-order valence-electron chi connectivity index (χ0n) is 11.6. The van der Waals surface area contributed by atoms with E-state index in [0.29, 0.717) is 6.04 Å². The minimum Gasteiger partial charge on any atom is -0.399 e. The summed E-state index contributed by atoms with van der Waals surface area (Å²) in [5.74, 6) is 0. The summed E-state index contributed by atoms with van der Waals surface area (Å²) in [6.07, 6.45) is 2.30. The van der Waals surface area contributed by atoms with E-state index >= 15 is 0 Å². The van der Waals surface area contributed by atoms with Crippen molar-refractivity contribution >= 4 is 11.4 Å². The third-order valence-electron chi connectivity index (χ3n) is 4.12. The highest BCUT2D eigenvalue weighted by Crippen LogP contribution is 2.38. The van der Waals surface area contributed by atoms with Crippen molar-refractivity contribution in [2.75, 3.05) is 17.7 Å². The number of rotatable bonds is 2. The Labute approximate surface area is 114 Å². The number of hydrogen-bond donors (Lipinski definition) is 1. The van der Waals surface area contributed by atoms with Crippen LogP contribution in [0.2, 0.25) is 0 Å². The molecule has 1 unspecified atom stereocenters. The Hall–Kier alpha value is -1.96. The van der Waals surface area contributed by atoms with Gasteiger partial charge in [0.2, 0.25) is 0 Å². The zero-order valence-corrected chi connectivity index (χ0v) is 11.6. The lowest BCUT2D eigenvalue weighted by Gasteiger charge is -2.27. The van der Waals surface area contributed by atoms with Crippen molar-refractivity contribution in [2.45, 2.75) is 25.8 Å². The molecular weight excluding hydrogens is 232 g/mol. The molecule has 0 aliphatic heterocycles. The van der Waals surface area contributed by atoms with Gasteiger partial charge in [0.1, 0.15) is 0 Å². The second-order valence-corrected chi connectivity index (χ2v) is 5.46. The molecule has 0 radical (unpaired) electrons. The van der Waals surface area contributed by atoms with Gasteiger partial charge in [0.05, 0.1) is 6.04 Å². The van der Waals surface area contributed by atoms with Gasteiger partial charge in [-0.3, -0.25) is 0 Å². The maximum atomic E-state index is 5.87. The molecule has 2 nitrogen and oxygen atoms in total. The normalized spacial score (nSPS) is 17.3. The average Bonchev–Trinajstić information content (AvgIpc) is 2.81. The van der Waals surface area contributed by atoms with Crippen molar-refractivity contribution < 1.29 is 0 Å². The second-order valence-electron chi connectivity index (χ2n) is 5.46. The molecule has 0 fully saturated rings. The molecule has 2 heteroatoms. The summed E-state index contributed by atoms with van der Waals surface area (Å²) in [4.78, 5) is 2.38. The van der Waals surface area contributed by atoms with Crippen LogP contribution in [0.5, 0.6) is 0 Å². The molecule has 0 heterocycles. The largest absolute Gasteiger partial charge is 0.399 e. The lowest BCUT2D eigenvalue weighted by molar-refractivity contribution is 0.662. The third-order valence-corrected chi connectivity index (χ3v) is 4.12. The van der Waals surface area contributed by atoms with Crippen LogP contribution in [0.4, 0.5) is 11.4 Å². The minimum absolute atomic E-state index is 0.471. The number of anilines is 2. The van der Waals surface area contributed by atoms with E-state index in [-0.39, 0.29) is 0 Å². The first kappa shape index (κ1) is 12.1. The maximum Gasteiger partial charge on any atom is 0.0545 e. The number of fused-ring (bicyclic) bond motifs is 1. The molecule has 1 aliphatic rings. The van der Waals surface area contributed by atoms with Gasteiger partial charge in [-0.2, -0.15) is 0 Å². The van der Waals surface area contributed by atoms with Crippen LogP contribution in [0.3, 0.4) is 0 Å². The van der Waals surface area contributed by atoms with E-state index in [2.05, 4.69) is 55.3 Å². The van der Waals surface area contributed by atoms with Crippen LogP contribution in [0.15, 0.2) is 42.5 Å². The number of nitrogen functional groups attached to an aromatic ring is 1. The van der Waals surface area contributed by atoms with Crippen LogP contribution in [-0.4, -0.2) is 7.05 Å². The van der Waals surface area contributed by atoms with Gasteiger partial charge >= 0.3 is 0 Å². The summed E-state index contributed by atoms with van der Waals surface area (Å²) in [6.45, 7) is 2.12. The molecule has 1 atom stereocenters. The summed E-state index contributed by atoms with van der Waals surface area (Å²) in [5, 5.41) is 0. The Kier molecular flexibility index (Phi) is 2.94. The summed E-state index contributed by atoms with van der Waals surface area (Å²) in [6, 6.07) is 15.5. The van der Waals surface area contributed by atoms with Crippen LogP contribution in [0.1, 0.15) is 29.2 Å².